The Morgan fingerprint density at radius 2 is 1.78 bits per heavy atom. The number of carbonyl (C=O) groups excluding carboxylic acids is 3. The van der Waals surface area contributed by atoms with Crippen molar-refractivity contribution in [1.29, 1.82) is 0 Å². The van der Waals surface area contributed by atoms with E-state index < -0.39 is 35.6 Å². The van der Waals surface area contributed by atoms with Gasteiger partial charge in [0.05, 0.1) is 5.56 Å². The summed E-state index contributed by atoms with van der Waals surface area (Å²) in [7, 11) is 0. The molecule has 0 unspecified atom stereocenters. The van der Waals surface area contributed by atoms with Crippen LogP contribution in [0.15, 0.2) is 24.3 Å². The maximum Gasteiger partial charge on any atom is 0.416 e. The number of rotatable bonds is 5. The quantitative estimate of drug-likeness (QED) is 0.680. The van der Waals surface area contributed by atoms with Crippen LogP contribution in [-0.4, -0.2) is 30.4 Å². The minimum atomic E-state index is -4.40. The Labute approximate surface area is 154 Å². The van der Waals surface area contributed by atoms with Crippen molar-refractivity contribution >= 4 is 17.8 Å². The van der Waals surface area contributed by atoms with Gasteiger partial charge in [0, 0.05) is 12.5 Å². The van der Waals surface area contributed by atoms with Gasteiger partial charge in [0.1, 0.15) is 6.04 Å². The van der Waals surface area contributed by atoms with E-state index >= 15 is 0 Å². The van der Waals surface area contributed by atoms with Gasteiger partial charge in [-0.2, -0.15) is 13.2 Å². The molecule has 0 bridgehead atoms. The number of hydrogen-bond donors (Lipinski definition) is 3. The lowest BCUT2D eigenvalue weighted by molar-refractivity contribution is -0.137. The molecule has 2 aliphatic rings. The second-order valence-electron chi connectivity index (χ2n) is 6.62. The maximum absolute atomic E-state index is 12.5. The zero-order chi connectivity index (χ0) is 20.0. The molecule has 1 aromatic rings. The molecule has 2 atom stereocenters. The van der Waals surface area contributed by atoms with Gasteiger partial charge in [-0.05, 0) is 24.1 Å². The highest BCUT2D eigenvalue weighted by Crippen LogP contribution is 2.29. The molecule has 1 aliphatic heterocycles. The predicted octanol–water partition coefficient (Wildman–Crippen LogP) is 2.38. The minimum Gasteiger partial charge on any atom is -0.353 e. The van der Waals surface area contributed by atoms with E-state index in [-0.39, 0.29) is 18.9 Å². The summed E-state index contributed by atoms with van der Waals surface area (Å²) in [5.41, 5.74) is -0.149. The smallest absolute Gasteiger partial charge is 0.353 e. The van der Waals surface area contributed by atoms with Crippen LogP contribution >= 0.6 is 0 Å². The molecular formula is C18H22F3N3O3. The van der Waals surface area contributed by atoms with Crippen LogP contribution < -0.4 is 16.0 Å². The van der Waals surface area contributed by atoms with Gasteiger partial charge in [-0.3, -0.25) is 14.9 Å². The third-order valence-electron chi connectivity index (χ3n) is 3.96. The third kappa shape index (κ3) is 6.92. The summed E-state index contributed by atoms with van der Waals surface area (Å²) in [6.07, 6.45) is 0.362. The van der Waals surface area contributed by atoms with Gasteiger partial charge in [-0.25, -0.2) is 4.79 Å². The van der Waals surface area contributed by atoms with E-state index in [1.807, 2.05) is 5.32 Å². The molecule has 148 valence electrons. The van der Waals surface area contributed by atoms with Crippen LogP contribution in [0, 0.1) is 5.92 Å². The van der Waals surface area contributed by atoms with Crippen LogP contribution in [0.25, 0.3) is 0 Å². The number of carbonyl (C=O) groups is 3. The van der Waals surface area contributed by atoms with Gasteiger partial charge in [-0.1, -0.05) is 38.3 Å². The van der Waals surface area contributed by atoms with Crippen LogP contribution in [0.4, 0.5) is 18.0 Å². The first-order valence-electron chi connectivity index (χ1n) is 8.72. The summed E-state index contributed by atoms with van der Waals surface area (Å²) in [5.74, 6) is -1.37. The van der Waals surface area contributed by atoms with Gasteiger partial charge < -0.3 is 10.6 Å². The van der Waals surface area contributed by atoms with E-state index in [1.54, 1.807) is 6.92 Å². The van der Waals surface area contributed by atoms with Gasteiger partial charge in [0.25, 0.3) is 5.91 Å². The van der Waals surface area contributed by atoms with E-state index in [0.29, 0.717) is 5.56 Å². The molecule has 1 aromatic carbocycles. The molecule has 0 radical (unpaired) electrons. The van der Waals surface area contributed by atoms with Crippen LogP contribution in [0.2, 0.25) is 0 Å². The van der Waals surface area contributed by atoms with Crippen molar-refractivity contribution in [3.8, 4) is 0 Å². The summed E-state index contributed by atoms with van der Waals surface area (Å²) >= 11 is 0. The number of nitrogens with one attached hydrogen (secondary N) is 3. The summed E-state index contributed by atoms with van der Waals surface area (Å²) in [4.78, 5) is 34.3. The molecule has 6 nitrogen and oxygen atoms in total. The van der Waals surface area contributed by atoms with Crippen molar-refractivity contribution in [2.24, 2.45) is 5.92 Å². The summed E-state index contributed by atoms with van der Waals surface area (Å²) < 4.78 is 37.5. The Morgan fingerprint density at radius 1 is 1.19 bits per heavy atom. The molecule has 1 heterocycles. The number of hydrogen-bond acceptors (Lipinski definition) is 3. The third-order valence-corrected chi connectivity index (χ3v) is 3.96. The second-order valence-corrected chi connectivity index (χ2v) is 6.62. The van der Waals surface area contributed by atoms with E-state index in [2.05, 4.69) is 10.6 Å². The molecule has 9 heteroatoms. The lowest BCUT2D eigenvalue weighted by Crippen LogP contribution is -2.43. The highest BCUT2D eigenvalue weighted by Gasteiger charge is 2.31. The molecular weight excluding hydrogens is 363 g/mol. The van der Waals surface area contributed by atoms with Crippen molar-refractivity contribution < 1.29 is 27.6 Å². The van der Waals surface area contributed by atoms with Crippen molar-refractivity contribution in [2.75, 3.05) is 6.54 Å². The predicted molar refractivity (Wildman–Crippen MR) is 91.6 cm³/mol. The van der Waals surface area contributed by atoms with Crippen LogP contribution in [0.3, 0.4) is 0 Å². The van der Waals surface area contributed by atoms with Crippen molar-refractivity contribution in [3.63, 3.8) is 0 Å². The topological polar surface area (TPSA) is 87.3 Å². The standard InChI is InChI=1S/C15H16F3N3O3.C3H6/c1-8(6-9-2-4-10(5-3-9)15(16,17)18)12(22)19-7-11-13(23)21-14(24)20-11;1-2-3-1/h2-5,8,11H,6-7H2,1H3,(H,19,22)(H2,20,21,23,24);1-3H2/t8-,11-;/m1./s1. The van der Waals surface area contributed by atoms with Crippen molar-refractivity contribution in [1.82, 2.24) is 16.0 Å². The Morgan fingerprint density at radius 3 is 2.22 bits per heavy atom. The summed E-state index contributed by atoms with van der Waals surface area (Å²) in [6.45, 7) is 1.58. The molecule has 0 spiro atoms. The first kappa shape index (κ1) is 20.7. The Hall–Kier alpha value is -2.58. The number of imide groups is 1. The Kier molecular flexibility index (Phi) is 6.81. The number of benzene rings is 1. The summed E-state index contributed by atoms with van der Waals surface area (Å²) in [5, 5.41) is 6.93. The van der Waals surface area contributed by atoms with E-state index in [9.17, 15) is 27.6 Å². The molecule has 0 aromatic heterocycles. The van der Waals surface area contributed by atoms with Crippen LogP contribution in [0.1, 0.15) is 37.3 Å². The lowest BCUT2D eigenvalue weighted by Gasteiger charge is -2.14. The lowest BCUT2D eigenvalue weighted by atomic mass is 9.99. The fourth-order valence-electron chi connectivity index (χ4n) is 2.26. The second kappa shape index (κ2) is 8.88. The van der Waals surface area contributed by atoms with Crippen LogP contribution in [-0.2, 0) is 22.2 Å². The van der Waals surface area contributed by atoms with E-state index in [4.69, 9.17) is 0 Å². The zero-order valence-corrected chi connectivity index (χ0v) is 14.9. The first-order chi connectivity index (χ1) is 12.7. The highest BCUT2D eigenvalue weighted by atomic mass is 19.4. The molecule has 1 saturated heterocycles. The van der Waals surface area contributed by atoms with Gasteiger partial charge in [-0.15, -0.1) is 0 Å². The molecule has 3 rings (SSSR count). The summed E-state index contributed by atoms with van der Waals surface area (Å²) in [6, 6.07) is 3.17. The largest absolute Gasteiger partial charge is 0.416 e. The fourth-order valence-corrected chi connectivity index (χ4v) is 2.26. The Bertz CT molecular complexity index is 685. The van der Waals surface area contributed by atoms with Crippen LogP contribution in [0.5, 0.6) is 0 Å². The number of amides is 4. The molecule has 1 aliphatic carbocycles. The van der Waals surface area contributed by atoms with E-state index in [1.165, 1.54) is 31.4 Å². The average molecular weight is 385 g/mol. The van der Waals surface area contributed by atoms with Gasteiger partial charge >= 0.3 is 12.2 Å². The van der Waals surface area contributed by atoms with E-state index in [0.717, 1.165) is 12.1 Å². The normalized spacial score (nSPS) is 19.3. The molecule has 4 amide bonds. The highest BCUT2D eigenvalue weighted by molar-refractivity contribution is 6.04. The van der Waals surface area contributed by atoms with Crippen molar-refractivity contribution in [2.45, 2.75) is 44.8 Å². The number of halogens is 3. The molecule has 2 fully saturated rings. The van der Waals surface area contributed by atoms with Gasteiger partial charge in [0.2, 0.25) is 5.91 Å². The number of urea groups is 1. The molecule has 1 saturated carbocycles. The SMILES string of the molecule is C1CC1.C[C@H](Cc1ccc(C(F)(F)F)cc1)C(=O)NC[C@H]1NC(=O)NC1=O. The van der Waals surface area contributed by atoms with Gasteiger partial charge in [0.15, 0.2) is 0 Å². The molecule has 3 N–H and O–H groups in total. The fraction of sp³-hybridized carbons (Fsp3) is 0.500. The number of alkyl halides is 3. The minimum absolute atomic E-state index is 0.0479. The average Bonchev–Trinajstić information content (AvgIpc) is 3.43. The zero-order valence-electron chi connectivity index (χ0n) is 14.9. The molecule has 27 heavy (non-hydrogen) atoms. The first-order valence-corrected chi connectivity index (χ1v) is 8.72. The maximum atomic E-state index is 12.5. The monoisotopic (exact) mass is 385 g/mol. The Balaban J connectivity index is 0.000000789. The van der Waals surface area contributed by atoms with Crippen molar-refractivity contribution in [3.05, 3.63) is 35.4 Å².